The van der Waals surface area contributed by atoms with Crippen molar-refractivity contribution in [3.63, 3.8) is 0 Å². The Morgan fingerprint density at radius 1 is 1.71 bits per heavy atom. The third-order valence-corrected chi connectivity index (χ3v) is 2.84. The van der Waals surface area contributed by atoms with Crippen LogP contribution in [0.1, 0.15) is 17.3 Å². The van der Waals surface area contributed by atoms with Gasteiger partial charge in [-0.25, -0.2) is 0 Å². The lowest BCUT2D eigenvalue weighted by Gasteiger charge is -2.33. The minimum Gasteiger partial charge on any atom is -0.377 e. The molecule has 6 heteroatoms. The van der Waals surface area contributed by atoms with Crippen LogP contribution in [0.3, 0.4) is 0 Å². The smallest absolute Gasteiger partial charge is 0.256 e. The summed E-state index contributed by atoms with van der Waals surface area (Å²) in [5.74, 6) is 5.32. The van der Waals surface area contributed by atoms with E-state index in [4.69, 9.17) is 10.6 Å². The minimum absolute atomic E-state index is 0.0452. The highest BCUT2D eigenvalue weighted by Gasteiger charge is 2.26. The van der Waals surface area contributed by atoms with Gasteiger partial charge in [0.05, 0.1) is 36.7 Å². The van der Waals surface area contributed by atoms with Gasteiger partial charge in [0.2, 0.25) is 0 Å². The van der Waals surface area contributed by atoms with E-state index in [0.717, 1.165) is 0 Å². The molecule has 0 aromatic carbocycles. The molecule has 1 amide bonds. The quantitative estimate of drug-likeness (QED) is 0.567. The molecule has 1 aliphatic rings. The lowest BCUT2D eigenvalue weighted by Crippen LogP contribution is -2.47. The summed E-state index contributed by atoms with van der Waals surface area (Å²) in [4.78, 5) is 18.1. The molecule has 17 heavy (non-hydrogen) atoms. The molecule has 1 fully saturated rings. The molecular weight excluding hydrogens is 220 g/mol. The van der Waals surface area contributed by atoms with Crippen LogP contribution in [0.15, 0.2) is 18.5 Å². The highest BCUT2D eigenvalue weighted by atomic mass is 16.5. The average Bonchev–Trinajstić information content (AvgIpc) is 2.38. The molecule has 92 valence electrons. The largest absolute Gasteiger partial charge is 0.377 e. The summed E-state index contributed by atoms with van der Waals surface area (Å²) in [7, 11) is 0. The molecule has 1 atom stereocenters. The molecule has 1 aliphatic heterocycles. The normalized spacial score (nSPS) is 20.1. The Bertz CT molecular complexity index is 410. The second-order valence-corrected chi connectivity index (χ2v) is 3.99. The summed E-state index contributed by atoms with van der Waals surface area (Å²) in [5, 5.41) is 0. The lowest BCUT2D eigenvalue weighted by atomic mass is 10.1. The fourth-order valence-corrected chi connectivity index (χ4v) is 1.88. The standard InChI is InChI=1S/C11H16N4O2/c1-8-7-17-5-4-15(8)11(16)9-2-3-13-6-10(9)14-12/h2-3,6,8,14H,4-5,7,12H2,1H3. The maximum atomic E-state index is 12.3. The number of carbonyl (C=O) groups is 1. The Morgan fingerprint density at radius 2 is 2.53 bits per heavy atom. The van der Waals surface area contributed by atoms with E-state index < -0.39 is 0 Å². The van der Waals surface area contributed by atoms with Crippen LogP contribution in [0.2, 0.25) is 0 Å². The lowest BCUT2D eigenvalue weighted by molar-refractivity contribution is 0.00364. The minimum atomic E-state index is -0.0452. The molecule has 0 aliphatic carbocycles. The third-order valence-electron chi connectivity index (χ3n) is 2.84. The first-order valence-electron chi connectivity index (χ1n) is 5.53. The molecule has 1 unspecified atom stereocenters. The van der Waals surface area contributed by atoms with Crippen molar-refractivity contribution in [1.82, 2.24) is 9.88 Å². The van der Waals surface area contributed by atoms with E-state index in [0.29, 0.717) is 31.0 Å². The third kappa shape index (κ3) is 2.37. The number of ether oxygens (including phenoxy) is 1. The van der Waals surface area contributed by atoms with Gasteiger partial charge in [-0.3, -0.25) is 15.6 Å². The van der Waals surface area contributed by atoms with Crippen molar-refractivity contribution >= 4 is 11.6 Å². The molecule has 0 saturated carbocycles. The summed E-state index contributed by atoms with van der Waals surface area (Å²) in [6.07, 6.45) is 3.12. The van der Waals surface area contributed by atoms with Crippen molar-refractivity contribution in [1.29, 1.82) is 0 Å². The fraction of sp³-hybridized carbons (Fsp3) is 0.455. The molecule has 6 nitrogen and oxygen atoms in total. The summed E-state index contributed by atoms with van der Waals surface area (Å²) in [5.41, 5.74) is 3.57. The zero-order valence-corrected chi connectivity index (χ0v) is 9.72. The van der Waals surface area contributed by atoms with Crippen molar-refractivity contribution in [2.24, 2.45) is 5.84 Å². The Hall–Kier alpha value is -1.66. The number of nitrogens with two attached hydrogens (primary N) is 1. The van der Waals surface area contributed by atoms with Crippen LogP contribution < -0.4 is 11.3 Å². The molecule has 2 rings (SSSR count). The molecular formula is C11H16N4O2. The van der Waals surface area contributed by atoms with E-state index >= 15 is 0 Å². The van der Waals surface area contributed by atoms with E-state index in [2.05, 4.69) is 10.4 Å². The highest BCUT2D eigenvalue weighted by molar-refractivity contribution is 5.99. The van der Waals surface area contributed by atoms with Crippen LogP contribution in [0.25, 0.3) is 0 Å². The second-order valence-electron chi connectivity index (χ2n) is 3.99. The van der Waals surface area contributed by atoms with E-state index in [1.807, 2.05) is 6.92 Å². The summed E-state index contributed by atoms with van der Waals surface area (Å²) >= 11 is 0. The molecule has 1 saturated heterocycles. The Kier molecular flexibility index (Phi) is 3.55. The van der Waals surface area contributed by atoms with Gasteiger partial charge in [0.15, 0.2) is 0 Å². The van der Waals surface area contributed by atoms with Gasteiger partial charge in [-0.15, -0.1) is 0 Å². The van der Waals surface area contributed by atoms with Gasteiger partial charge in [0, 0.05) is 12.7 Å². The number of hydrogen-bond acceptors (Lipinski definition) is 5. The number of rotatable bonds is 2. The predicted molar refractivity (Wildman–Crippen MR) is 63.4 cm³/mol. The highest BCUT2D eigenvalue weighted by Crippen LogP contribution is 2.17. The van der Waals surface area contributed by atoms with E-state index in [-0.39, 0.29) is 11.9 Å². The first kappa shape index (κ1) is 11.8. The van der Waals surface area contributed by atoms with Crippen LogP contribution in [-0.2, 0) is 4.74 Å². The number of hydrazine groups is 1. The van der Waals surface area contributed by atoms with Crippen molar-refractivity contribution in [2.75, 3.05) is 25.2 Å². The summed E-state index contributed by atoms with van der Waals surface area (Å²) in [6.45, 7) is 3.72. The maximum Gasteiger partial charge on any atom is 0.256 e. The number of anilines is 1. The summed E-state index contributed by atoms with van der Waals surface area (Å²) < 4.78 is 5.31. The van der Waals surface area contributed by atoms with Crippen LogP contribution in [-0.4, -0.2) is 41.6 Å². The molecule has 0 radical (unpaired) electrons. The predicted octanol–water partition coefficient (Wildman–Crippen LogP) is 0.228. The SMILES string of the molecule is CC1COCCN1C(=O)c1ccncc1NN. The zero-order chi connectivity index (χ0) is 12.3. The van der Waals surface area contributed by atoms with Crippen molar-refractivity contribution in [3.8, 4) is 0 Å². The molecule has 3 N–H and O–H groups in total. The molecule has 1 aromatic rings. The van der Waals surface area contributed by atoms with Crippen LogP contribution in [0.5, 0.6) is 0 Å². The molecule has 0 spiro atoms. The Labute approximate surface area is 99.7 Å². The number of nitrogen functional groups attached to an aromatic ring is 1. The van der Waals surface area contributed by atoms with Gasteiger partial charge in [-0.2, -0.15) is 0 Å². The van der Waals surface area contributed by atoms with Crippen LogP contribution >= 0.6 is 0 Å². The zero-order valence-electron chi connectivity index (χ0n) is 9.72. The number of morpholine rings is 1. The van der Waals surface area contributed by atoms with Gasteiger partial charge in [-0.05, 0) is 13.0 Å². The number of hydrogen-bond donors (Lipinski definition) is 2. The Balaban J connectivity index is 2.23. The summed E-state index contributed by atoms with van der Waals surface area (Å²) in [6, 6.07) is 1.75. The number of aromatic nitrogens is 1. The number of amides is 1. The van der Waals surface area contributed by atoms with E-state index in [1.165, 1.54) is 0 Å². The molecule has 2 heterocycles. The Morgan fingerprint density at radius 3 is 3.24 bits per heavy atom. The van der Waals surface area contributed by atoms with E-state index in [9.17, 15) is 4.79 Å². The number of pyridine rings is 1. The first-order chi connectivity index (χ1) is 8.24. The number of carbonyl (C=O) groups excluding carboxylic acids is 1. The fourth-order valence-electron chi connectivity index (χ4n) is 1.88. The average molecular weight is 236 g/mol. The topological polar surface area (TPSA) is 80.5 Å². The van der Waals surface area contributed by atoms with Crippen LogP contribution in [0.4, 0.5) is 5.69 Å². The van der Waals surface area contributed by atoms with E-state index in [1.54, 1.807) is 23.4 Å². The number of nitrogens with zero attached hydrogens (tertiary/aromatic N) is 2. The maximum absolute atomic E-state index is 12.3. The van der Waals surface area contributed by atoms with Crippen LogP contribution in [0, 0.1) is 0 Å². The first-order valence-corrected chi connectivity index (χ1v) is 5.53. The van der Waals surface area contributed by atoms with Crippen molar-refractivity contribution in [2.45, 2.75) is 13.0 Å². The molecule has 0 bridgehead atoms. The number of nitrogens with one attached hydrogen (secondary N) is 1. The van der Waals surface area contributed by atoms with Crippen molar-refractivity contribution in [3.05, 3.63) is 24.0 Å². The second kappa shape index (κ2) is 5.11. The van der Waals surface area contributed by atoms with Gasteiger partial charge in [0.25, 0.3) is 5.91 Å². The van der Waals surface area contributed by atoms with Gasteiger partial charge in [0.1, 0.15) is 0 Å². The monoisotopic (exact) mass is 236 g/mol. The molecule has 1 aromatic heterocycles. The van der Waals surface area contributed by atoms with Gasteiger partial charge < -0.3 is 15.1 Å². The van der Waals surface area contributed by atoms with Gasteiger partial charge >= 0.3 is 0 Å². The van der Waals surface area contributed by atoms with Gasteiger partial charge in [-0.1, -0.05) is 0 Å². The van der Waals surface area contributed by atoms with Crippen molar-refractivity contribution < 1.29 is 9.53 Å².